The minimum atomic E-state index is 0.708. The average Bonchev–Trinajstić information content (AvgIpc) is 3.14. The first kappa shape index (κ1) is 34.4. The van der Waals surface area contributed by atoms with E-state index < -0.39 is 0 Å². The molecule has 0 amide bonds. The van der Waals surface area contributed by atoms with Crippen LogP contribution in [0.25, 0.3) is 0 Å². The molecule has 4 heteroatoms. The van der Waals surface area contributed by atoms with Gasteiger partial charge in [0.25, 0.3) is 0 Å². The minimum Gasteiger partial charge on any atom is -0.494 e. The number of nitrogens with zero attached hydrogens (tertiary/aromatic N) is 2. The molecule has 4 nitrogen and oxygen atoms in total. The second-order valence-corrected chi connectivity index (χ2v) is 13.1. The number of hydrogen-bond donors (Lipinski definition) is 0. The SMILES string of the molecule is Cc1ccc(N(c2ccc(C)cc2)c2ccc(OCCCCCCOc3ccc(N(c4ccc(C)cc4)c4ccc(C)cc4)cc3)cc2)cc1. The summed E-state index contributed by atoms with van der Waals surface area (Å²) in [5.74, 6) is 1.80. The number of benzene rings is 6. The molecule has 0 fully saturated rings. The van der Waals surface area contributed by atoms with Crippen LogP contribution in [0, 0.1) is 27.7 Å². The number of hydrogen-bond acceptors (Lipinski definition) is 4. The molecule has 6 aromatic carbocycles. The van der Waals surface area contributed by atoms with E-state index in [0.29, 0.717) is 13.2 Å². The van der Waals surface area contributed by atoms with Crippen molar-refractivity contribution in [2.45, 2.75) is 53.4 Å². The molecule has 254 valence electrons. The van der Waals surface area contributed by atoms with Crippen LogP contribution in [0.5, 0.6) is 11.5 Å². The Balaban J connectivity index is 0.945. The third kappa shape index (κ3) is 9.15. The fraction of sp³-hybridized carbons (Fsp3) is 0.217. The van der Waals surface area contributed by atoms with Crippen molar-refractivity contribution in [3.05, 3.63) is 168 Å². The topological polar surface area (TPSA) is 24.9 Å². The molecule has 0 saturated heterocycles. The highest BCUT2D eigenvalue weighted by molar-refractivity contribution is 5.78. The van der Waals surface area contributed by atoms with Gasteiger partial charge in [0.15, 0.2) is 0 Å². The molecule has 0 radical (unpaired) electrons. The lowest BCUT2D eigenvalue weighted by Gasteiger charge is -2.26. The van der Waals surface area contributed by atoms with Gasteiger partial charge in [0.1, 0.15) is 11.5 Å². The Morgan fingerprint density at radius 3 is 0.760 bits per heavy atom. The predicted molar refractivity (Wildman–Crippen MR) is 211 cm³/mol. The van der Waals surface area contributed by atoms with E-state index in [1.807, 2.05) is 0 Å². The molecular formula is C46H48N2O2. The molecule has 0 aliphatic heterocycles. The van der Waals surface area contributed by atoms with Crippen molar-refractivity contribution in [1.29, 1.82) is 0 Å². The maximum absolute atomic E-state index is 6.11. The second kappa shape index (κ2) is 16.8. The van der Waals surface area contributed by atoms with E-state index in [1.165, 1.54) is 22.3 Å². The van der Waals surface area contributed by atoms with E-state index in [2.05, 4.69) is 183 Å². The summed E-state index contributed by atoms with van der Waals surface area (Å²) in [4.78, 5) is 4.56. The summed E-state index contributed by atoms with van der Waals surface area (Å²) in [7, 11) is 0. The van der Waals surface area contributed by atoms with Crippen molar-refractivity contribution in [2.75, 3.05) is 23.0 Å². The summed E-state index contributed by atoms with van der Waals surface area (Å²) in [5.41, 5.74) is 11.8. The van der Waals surface area contributed by atoms with Crippen molar-refractivity contribution in [1.82, 2.24) is 0 Å². The van der Waals surface area contributed by atoms with E-state index in [9.17, 15) is 0 Å². The normalized spacial score (nSPS) is 10.9. The molecule has 0 aliphatic carbocycles. The Bertz CT molecular complexity index is 1660. The average molecular weight is 661 g/mol. The lowest BCUT2D eigenvalue weighted by molar-refractivity contribution is 0.287. The maximum Gasteiger partial charge on any atom is 0.119 e. The maximum atomic E-state index is 6.11. The summed E-state index contributed by atoms with van der Waals surface area (Å²) in [6, 6.07) is 51.5. The summed E-state index contributed by atoms with van der Waals surface area (Å²) in [6.07, 6.45) is 4.25. The molecular weight excluding hydrogens is 613 g/mol. The van der Waals surface area contributed by atoms with Gasteiger partial charge in [-0.3, -0.25) is 0 Å². The zero-order valence-electron chi connectivity index (χ0n) is 29.8. The first-order valence-corrected chi connectivity index (χ1v) is 17.8. The van der Waals surface area contributed by atoms with E-state index in [1.54, 1.807) is 0 Å². The zero-order valence-corrected chi connectivity index (χ0v) is 29.8. The van der Waals surface area contributed by atoms with Crippen LogP contribution in [0.4, 0.5) is 34.1 Å². The van der Waals surface area contributed by atoms with E-state index in [4.69, 9.17) is 9.47 Å². The molecule has 0 spiro atoms. The van der Waals surface area contributed by atoms with E-state index in [-0.39, 0.29) is 0 Å². The van der Waals surface area contributed by atoms with Crippen LogP contribution in [0.15, 0.2) is 146 Å². The third-order valence-corrected chi connectivity index (χ3v) is 8.93. The van der Waals surface area contributed by atoms with Crippen LogP contribution in [-0.4, -0.2) is 13.2 Å². The van der Waals surface area contributed by atoms with Gasteiger partial charge in [-0.05, 0) is 150 Å². The van der Waals surface area contributed by atoms with Crippen LogP contribution >= 0.6 is 0 Å². The highest BCUT2D eigenvalue weighted by Crippen LogP contribution is 2.37. The summed E-state index contributed by atoms with van der Waals surface area (Å²) >= 11 is 0. The number of ether oxygens (including phenoxy) is 2. The highest BCUT2D eigenvalue weighted by Gasteiger charge is 2.14. The zero-order chi connectivity index (χ0) is 34.7. The molecule has 0 aromatic heterocycles. The molecule has 0 aliphatic rings. The van der Waals surface area contributed by atoms with E-state index in [0.717, 1.165) is 71.3 Å². The predicted octanol–water partition coefficient (Wildman–Crippen LogP) is 12.9. The van der Waals surface area contributed by atoms with Gasteiger partial charge in [0, 0.05) is 34.1 Å². The Labute approximate surface area is 298 Å². The van der Waals surface area contributed by atoms with Crippen LogP contribution < -0.4 is 19.3 Å². The Hall–Kier alpha value is -5.48. The standard InChI is InChI=1S/C46H48N2O2/c1-35-9-17-39(18-10-35)47(40-19-11-36(2)12-20-40)43-25-29-45(30-26-43)49-33-7-5-6-8-34-50-46-31-27-44(28-32-46)48(41-21-13-37(3)14-22-41)42-23-15-38(4)16-24-42/h9-32H,5-8,33-34H2,1-4H3. The van der Waals surface area contributed by atoms with Gasteiger partial charge in [-0.2, -0.15) is 0 Å². The lowest BCUT2D eigenvalue weighted by Crippen LogP contribution is -2.10. The molecule has 0 N–H and O–H groups in total. The largest absolute Gasteiger partial charge is 0.494 e. The summed E-state index contributed by atoms with van der Waals surface area (Å²) < 4.78 is 12.2. The third-order valence-electron chi connectivity index (χ3n) is 8.93. The van der Waals surface area contributed by atoms with Crippen LogP contribution in [0.2, 0.25) is 0 Å². The Kier molecular flexibility index (Phi) is 11.5. The summed E-state index contributed by atoms with van der Waals surface area (Å²) in [5, 5.41) is 0. The van der Waals surface area contributed by atoms with Gasteiger partial charge >= 0.3 is 0 Å². The molecule has 6 rings (SSSR count). The molecule has 0 bridgehead atoms. The molecule has 0 heterocycles. The van der Waals surface area contributed by atoms with Crippen molar-refractivity contribution in [2.24, 2.45) is 0 Å². The van der Waals surface area contributed by atoms with Gasteiger partial charge in [-0.1, -0.05) is 70.8 Å². The van der Waals surface area contributed by atoms with Gasteiger partial charge in [-0.15, -0.1) is 0 Å². The first-order chi connectivity index (χ1) is 24.4. The van der Waals surface area contributed by atoms with Crippen molar-refractivity contribution < 1.29 is 9.47 Å². The second-order valence-electron chi connectivity index (χ2n) is 13.1. The number of aryl methyl sites for hydroxylation is 4. The van der Waals surface area contributed by atoms with Crippen LogP contribution in [0.3, 0.4) is 0 Å². The van der Waals surface area contributed by atoms with Crippen molar-refractivity contribution >= 4 is 34.1 Å². The van der Waals surface area contributed by atoms with Gasteiger partial charge < -0.3 is 19.3 Å². The molecule has 50 heavy (non-hydrogen) atoms. The highest BCUT2D eigenvalue weighted by atomic mass is 16.5. The number of rotatable bonds is 15. The molecule has 0 saturated carbocycles. The van der Waals surface area contributed by atoms with Gasteiger partial charge in [0.2, 0.25) is 0 Å². The fourth-order valence-corrected chi connectivity index (χ4v) is 5.99. The van der Waals surface area contributed by atoms with Crippen LogP contribution in [0.1, 0.15) is 47.9 Å². The number of unbranched alkanes of at least 4 members (excludes halogenated alkanes) is 3. The van der Waals surface area contributed by atoms with Crippen LogP contribution in [-0.2, 0) is 0 Å². The quantitative estimate of drug-likeness (QED) is 0.102. The van der Waals surface area contributed by atoms with E-state index >= 15 is 0 Å². The van der Waals surface area contributed by atoms with Crippen molar-refractivity contribution in [3.8, 4) is 11.5 Å². The molecule has 6 aromatic rings. The van der Waals surface area contributed by atoms with Crippen molar-refractivity contribution in [3.63, 3.8) is 0 Å². The minimum absolute atomic E-state index is 0.708. The summed E-state index contributed by atoms with van der Waals surface area (Å²) in [6.45, 7) is 9.89. The fourth-order valence-electron chi connectivity index (χ4n) is 5.99. The lowest BCUT2D eigenvalue weighted by atomic mass is 10.1. The Morgan fingerprint density at radius 1 is 0.300 bits per heavy atom. The molecule has 0 atom stereocenters. The monoisotopic (exact) mass is 660 g/mol. The Morgan fingerprint density at radius 2 is 0.520 bits per heavy atom. The number of anilines is 6. The van der Waals surface area contributed by atoms with Gasteiger partial charge in [0.05, 0.1) is 13.2 Å². The molecule has 0 unspecified atom stereocenters. The smallest absolute Gasteiger partial charge is 0.119 e. The van der Waals surface area contributed by atoms with Gasteiger partial charge in [-0.25, -0.2) is 0 Å². The first-order valence-electron chi connectivity index (χ1n) is 17.8.